The van der Waals surface area contributed by atoms with Crippen LogP contribution < -0.4 is 0 Å². The van der Waals surface area contributed by atoms with Gasteiger partial charge in [0.15, 0.2) is 0 Å². The lowest BCUT2D eigenvalue weighted by Crippen LogP contribution is -2.32. The van der Waals surface area contributed by atoms with E-state index in [4.69, 9.17) is 5.11 Å². The van der Waals surface area contributed by atoms with Gasteiger partial charge in [0.05, 0.1) is 6.42 Å². The number of hydrogen-bond acceptors (Lipinski definition) is 3. The number of rotatable bonds is 6. The molecule has 0 aromatic carbocycles. The third-order valence-electron chi connectivity index (χ3n) is 2.66. The first-order chi connectivity index (χ1) is 7.50. The van der Waals surface area contributed by atoms with Crippen molar-refractivity contribution in [1.29, 1.82) is 0 Å². The molecule has 1 aromatic heterocycles. The summed E-state index contributed by atoms with van der Waals surface area (Å²) in [6.07, 6.45) is 0.211. The van der Waals surface area contributed by atoms with Crippen molar-refractivity contribution in [3.05, 3.63) is 21.9 Å². The maximum absolute atomic E-state index is 10.6. The molecule has 16 heavy (non-hydrogen) atoms. The Kier molecular flexibility index (Phi) is 4.96. The van der Waals surface area contributed by atoms with Crippen LogP contribution in [0, 0.1) is 6.92 Å². The van der Waals surface area contributed by atoms with Gasteiger partial charge in [0.2, 0.25) is 0 Å². The van der Waals surface area contributed by atoms with Crippen molar-refractivity contribution < 1.29 is 9.90 Å². The van der Waals surface area contributed by atoms with E-state index in [-0.39, 0.29) is 6.42 Å². The van der Waals surface area contributed by atoms with E-state index in [1.54, 1.807) is 11.3 Å². The average Bonchev–Trinajstić information content (AvgIpc) is 2.58. The van der Waals surface area contributed by atoms with Crippen molar-refractivity contribution in [2.45, 2.75) is 39.8 Å². The predicted molar refractivity (Wildman–Crippen MR) is 66.9 cm³/mol. The van der Waals surface area contributed by atoms with Gasteiger partial charge in [-0.1, -0.05) is 0 Å². The van der Waals surface area contributed by atoms with Crippen molar-refractivity contribution >= 4 is 17.3 Å². The molecular formula is C12H19NO2S. The van der Waals surface area contributed by atoms with Crippen LogP contribution in [0.1, 0.15) is 30.7 Å². The van der Waals surface area contributed by atoms with Crippen LogP contribution >= 0.6 is 11.3 Å². The van der Waals surface area contributed by atoms with Crippen LogP contribution in [-0.2, 0) is 11.3 Å². The fourth-order valence-electron chi connectivity index (χ4n) is 1.51. The molecule has 4 heteroatoms. The summed E-state index contributed by atoms with van der Waals surface area (Å²) in [5.74, 6) is -0.728. The summed E-state index contributed by atoms with van der Waals surface area (Å²) in [5.41, 5.74) is 1.30. The number of aryl methyl sites for hydroxylation is 1. The summed E-state index contributed by atoms with van der Waals surface area (Å²) in [7, 11) is 0. The second kappa shape index (κ2) is 6.01. The Morgan fingerprint density at radius 1 is 1.56 bits per heavy atom. The fraction of sp³-hybridized carbons (Fsp3) is 0.583. The fourth-order valence-corrected chi connectivity index (χ4v) is 2.44. The molecule has 0 unspecified atom stereocenters. The predicted octanol–water partition coefficient (Wildman–Crippen LogP) is 2.74. The summed E-state index contributed by atoms with van der Waals surface area (Å²) >= 11 is 1.74. The molecule has 1 aromatic rings. The Morgan fingerprint density at radius 3 is 2.69 bits per heavy atom. The maximum atomic E-state index is 10.6. The van der Waals surface area contributed by atoms with Crippen molar-refractivity contribution in [3.63, 3.8) is 0 Å². The first kappa shape index (κ1) is 13.2. The first-order valence-corrected chi connectivity index (χ1v) is 6.37. The molecule has 0 saturated heterocycles. The van der Waals surface area contributed by atoms with Crippen LogP contribution in [0.3, 0.4) is 0 Å². The van der Waals surface area contributed by atoms with Crippen molar-refractivity contribution in [2.75, 3.05) is 6.54 Å². The maximum Gasteiger partial charge on any atom is 0.304 e. The van der Waals surface area contributed by atoms with Gasteiger partial charge >= 0.3 is 5.97 Å². The number of carboxylic acids is 1. The second-order valence-electron chi connectivity index (χ2n) is 4.23. The van der Waals surface area contributed by atoms with E-state index < -0.39 is 5.97 Å². The molecule has 0 spiro atoms. The monoisotopic (exact) mass is 241 g/mol. The van der Waals surface area contributed by atoms with Crippen LogP contribution in [0.4, 0.5) is 0 Å². The zero-order valence-corrected chi connectivity index (χ0v) is 10.9. The van der Waals surface area contributed by atoms with Gasteiger partial charge in [-0.25, -0.2) is 0 Å². The van der Waals surface area contributed by atoms with E-state index in [0.29, 0.717) is 12.6 Å². The van der Waals surface area contributed by atoms with Crippen molar-refractivity contribution in [3.8, 4) is 0 Å². The molecule has 1 rings (SSSR count). The number of carboxylic acid groups (broad SMARTS) is 1. The molecule has 0 aliphatic heterocycles. The van der Waals surface area contributed by atoms with Crippen molar-refractivity contribution in [1.82, 2.24) is 4.90 Å². The average molecular weight is 241 g/mol. The number of aliphatic carboxylic acids is 1. The molecule has 0 aliphatic carbocycles. The summed E-state index contributed by atoms with van der Waals surface area (Å²) < 4.78 is 0. The van der Waals surface area contributed by atoms with Crippen LogP contribution in [0.2, 0.25) is 0 Å². The van der Waals surface area contributed by atoms with Gasteiger partial charge in [-0.2, -0.15) is 0 Å². The molecule has 1 heterocycles. The van der Waals surface area contributed by atoms with E-state index in [2.05, 4.69) is 37.1 Å². The highest BCUT2D eigenvalue weighted by Crippen LogP contribution is 2.19. The van der Waals surface area contributed by atoms with Crippen LogP contribution in [0.25, 0.3) is 0 Å². The zero-order chi connectivity index (χ0) is 12.1. The lowest BCUT2D eigenvalue weighted by atomic mass is 10.2. The molecule has 0 amide bonds. The van der Waals surface area contributed by atoms with Gasteiger partial charge in [0.1, 0.15) is 0 Å². The Morgan fingerprint density at radius 2 is 2.25 bits per heavy atom. The molecule has 0 atom stereocenters. The van der Waals surface area contributed by atoms with Gasteiger partial charge in [0.25, 0.3) is 0 Å². The third-order valence-corrected chi connectivity index (χ3v) is 3.67. The standard InChI is InChI=1S/C12H19NO2S/c1-9(2)13(6-4-12(14)15)8-11-10(3)5-7-16-11/h5,7,9H,4,6,8H2,1-3H3,(H,14,15). The first-order valence-electron chi connectivity index (χ1n) is 5.49. The van der Waals surface area contributed by atoms with E-state index >= 15 is 0 Å². The van der Waals surface area contributed by atoms with Crippen LogP contribution in [0.5, 0.6) is 0 Å². The largest absolute Gasteiger partial charge is 0.481 e. The highest BCUT2D eigenvalue weighted by molar-refractivity contribution is 7.10. The topological polar surface area (TPSA) is 40.5 Å². The molecule has 1 N–H and O–H groups in total. The Hall–Kier alpha value is -0.870. The van der Waals surface area contributed by atoms with E-state index in [1.807, 2.05) is 0 Å². The quantitative estimate of drug-likeness (QED) is 0.832. The van der Waals surface area contributed by atoms with Gasteiger partial charge in [-0.05, 0) is 37.8 Å². The number of thiophene rings is 1. The molecule has 0 radical (unpaired) electrons. The normalized spacial score (nSPS) is 11.3. The third kappa shape index (κ3) is 3.94. The highest BCUT2D eigenvalue weighted by atomic mass is 32.1. The smallest absolute Gasteiger partial charge is 0.304 e. The summed E-state index contributed by atoms with van der Waals surface area (Å²) in [6.45, 7) is 7.77. The molecule has 0 saturated carbocycles. The van der Waals surface area contributed by atoms with Crippen LogP contribution in [0.15, 0.2) is 11.4 Å². The number of hydrogen-bond donors (Lipinski definition) is 1. The highest BCUT2D eigenvalue weighted by Gasteiger charge is 2.13. The lowest BCUT2D eigenvalue weighted by molar-refractivity contribution is -0.137. The molecule has 3 nitrogen and oxygen atoms in total. The van der Waals surface area contributed by atoms with E-state index in [1.165, 1.54) is 10.4 Å². The van der Waals surface area contributed by atoms with Crippen LogP contribution in [-0.4, -0.2) is 28.6 Å². The minimum absolute atomic E-state index is 0.211. The minimum atomic E-state index is -0.728. The van der Waals surface area contributed by atoms with E-state index in [9.17, 15) is 4.79 Å². The Labute approximate surface area is 101 Å². The molecule has 90 valence electrons. The van der Waals surface area contributed by atoms with Crippen molar-refractivity contribution in [2.24, 2.45) is 0 Å². The summed E-state index contributed by atoms with van der Waals surface area (Å²) in [5, 5.41) is 10.8. The minimum Gasteiger partial charge on any atom is -0.481 e. The molecule has 0 bridgehead atoms. The SMILES string of the molecule is Cc1ccsc1CN(CCC(=O)O)C(C)C. The number of nitrogens with zero attached hydrogens (tertiary/aromatic N) is 1. The van der Waals surface area contributed by atoms with Gasteiger partial charge in [-0.3, -0.25) is 9.69 Å². The van der Waals surface area contributed by atoms with E-state index in [0.717, 1.165) is 6.54 Å². The Bertz CT molecular complexity index is 347. The summed E-state index contributed by atoms with van der Waals surface area (Å²) in [4.78, 5) is 14.1. The summed E-state index contributed by atoms with van der Waals surface area (Å²) in [6, 6.07) is 2.48. The van der Waals surface area contributed by atoms with Gasteiger partial charge in [0, 0.05) is 24.0 Å². The molecular weight excluding hydrogens is 222 g/mol. The Balaban J connectivity index is 2.58. The second-order valence-corrected chi connectivity index (χ2v) is 5.24. The number of carbonyl (C=O) groups is 1. The van der Waals surface area contributed by atoms with Gasteiger partial charge < -0.3 is 5.11 Å². The molecule has 0 aliphatic rings. The van der Waals surface area contributed by atoms with Gasteiger partial charge in [-0.15, -0.1) is 11.3 Å². The molecule has 0 fully saturated rings. The lowest BCUT2D eigenvalue weighted by Gasteiger charge is -2.25. The zero-order valence-electron chi connectivity index (χ0n) is 10.1.